The van der Waals surface area contributed by atoms with Crippen molar-refractivity contribution in [1.29, 1.82) is 0 Å². The third-order valence-electron chi connectivity index (χ3n) is 1.62. The van der Waals surface area contributed by atoms with Crippen LogP contribution in [-0.2, 0) is 0 Å². The summed E-state index contributed by atoms with van der Waals surface area (Å²) in [7, 11) is 0. The Balaban J connectivity index is 0. The molecule has 0 saturated carbocycles. The summed E-state index contributed by atoms with van der Waals surface area (Å²) in [5.41, 5.74) is 0.662. The number of amides is 2. The van der Waals surface area contributed by atoms with Gasteiger partial charge in [-0.05, 0) is 12.1 Å². The molecular weight excluding hydrogens is 179 g/mol. The van der Waals surface area contributed by atoms with Crippen LogP contribution in [0.15, 0.2) is 34.5 Å². The second-order valence-corrected chi connectivity index (χ2v) is 2.36. The van der Waals surface area contributed by atoms with Gasteiger partial charge in [0.15, 0.2) is 0 Å². The predicted octanol–water partition coefficient (Wildman–Crippen LogP) is -1.34. The molecule has 0 radical (unpaired) electrons. The SMILES string of the molecule is O=C1N=NC(=O)c2ccccc21.[H+].[H-].[Na+]. The molecule has 2 rings (SSSR count). The normalized spacial score (nSPS) is 13.5. The zero-order valence-electron chi connectivity index (χ0n) is 9.02. The number of hydrogen-bond donors (Lipinski definition) is 0. The van der Waals surface area contributed by atoms with Crippen molar-refractivity contribution in [3.8, 4) is 0 Å². The summed E-state index contributed by atoms with van der Waals surface area (Å²) in [6.45, 7) is 0. The van der Waals surface area contributed by atoms with Crippen LogP contribution in [0.4, 0.5) is 0 Å². The van der Waals surface area contributed by atoms with Crippen LogP contribution < -0.4 is 29.6 Å². The van der Waals surface area contributed by atoms with Crippen LogP contribution in [0, 0.1) is 0 Å². The van der Waals surface area contributed by atoms with Gasteiger partial charge >= 0.3 is 31.0 Å². The molecule has 1 aliphatic rings. The van der Waals surface area contributed by atoms with E-state index in [2.05, 4.69) is 10.2 Å². The Labute approximate surface area is 99.3 Å². The number of fused-ring (bicyclic) bond motifs is 1. The van der Waals surface area contributed by atoms with Gasteiger partial charge in [0.25, 0.3) is 11.8 Å². The minimum Gasteiger partial charge on any atom is -1.00 e. The summed E-state index contributed by atoms with van der Waals surface area (Å²) < 4.78 is 0. The third-order valence-corrected chi connectivity index (χ3v) is 1.62. The molecule has 60 valence electrons. The number of benzene rings is 1. The summed E-state index contributed by atoms with van der Waals surface area (Å²) >= 11 is 0. The molecule has 13 heavy (non-hydrogen) atoms. The number of rotatable bonds is 0. The Kier molecular flexibility index (Phi) is 3.08. The Morgan fingerprint density at radius 1 is 1.00 bits per heavy atom. The zero-order chi connectivity index (χ0) is 8.55. The predicted molar refractivity (Wildman–Crippen MR) is 42.2 cm³/mol. The minimum atomic E-state index is -0.454. The van der Waals surface area contributed by atoms with E-state index >= 15 is 0 Å². The molecule has 0 aromatic heterocycles. The van der Waals surface area contributed by atoms with Crippen LogP contribution in [0.3, 0.4) is 0 Å². The number of carbonyl (C=O) groups is 2. The number of hydrogen-bond acceptors (Lipinski definition) is 2. The fourth-order valence-electron chi connectivity index (χ4n) is 1.05. The molecule has 1 aromatic rings. The second kappa shape index (κ2) is 3.91. The number of azo groups is 1. The molecule has 1 aliphatic heterocycles. The average molecular weight is 185 g/mol. The van der Waals surface area contributed by atoms with Crippen molar-refractivity contribution in [2.24, 2.45) is 10.2 Å². The van der Waals surface area contributed by atoms with Crippen LogP contribution in [-0.4, -0.2) is 11.8 Å². The summed E-state index contributed by atoms with van der Waals surface area (Å²) in [5, 5.41) is 6.38. The molecule has 0 spiro atoms. The van der Waals surface area contributed by atoms with Gasteiger partial charge in [-0.1, -0.05) is 12.1 Å². The van der Waals surface area contributed by atoms with Crippen molar-refractivity contribution in [1.82, 2.24) is 0 Å². The monoisotopic (exact) mass is 185 g/mol. The molecule has 1 heterocycles. The van der Waals surface area contributed by atoms with Gasteiger partial charge in [-0.2, -0.15) is 0 Å². The molecule has 0 fully saturated rings. The standard InChI is InChI=1S/C8H4N2O2.Na.H/c11-7-5-3-1-2-4-6(5)8(12)10-9-7;;/h1-4H;;/q;+1;-1/p+1. The van der Waals surface area contributed by atoms with E-state index in [1.54, 1.807) is 24.3 Å². The van der Waals surface area contributed by atoms with E-state index in [1.165, 1.54) is 0 Å². The smallest absolute Gasteiger partial charge is 1.00 e. The van der Waals surface area contributed by atoms with Gasteiger partial charge in [0.05, 0.1) is 11.1 Å². The van der Waals surface area contributed by atoms with Gasteiger partial charge in [-0.15, -0.1) is 10.2 Å². The Morgan fingerprint density at radius 3 is 1.77 bits per heavy atom. The average Bonchev–Trinajstić information content (AvgIpc) is 2.12. The molecule has 5 heteroatoms. The molecule has 2 amide bonds. The molecule has 0 bridgehead atoms. The third kappa shape index (κ3) is 1.75. The first-order valence-corrected chi connectivity index (χ1v) is 3.38. The fourth-order valence-corrected chi connectivity index (χ4v) is 1.05. The molecule has 0 saturated heterocycles. The van der Waals surface area contributed by atoms with Gasteiger partial charge in [0.2, 0.25) is 0 Å². The first kappa shape index (κ1) is 10.2. The van der Waals surface area contributed by atoms with E-state index < -0.39 is 11.8 Å². The molecule has 0 aliphatic carbocycles. The Hall–Kier alpha value is -0.840. The van der Waals surface area contributed by atoms with E-state index in [0.717, 1.165) is 0 Å². The fraction of sp³-hybridized carbons (Fsp3) is 0. The van der Waals surface area contributed by atoms with E-state index in [1.807, 2.05) is 0 Å². The topological polar surface area (TPSA) is 58.9 Å². The molecule has 0 unspecified atom stereocenters. The van der Waals surface area contributed by atoms with E-state index in [0.29, 0.717) is 11.1 Å². The Morgan fingerprint density at radius 2 is 1.38 bits per heavy atom. The van der Waals surface area contributed by atoms with Crippen molar-refractivity contribution in [2.45, 2.75) is 0 Å². The van der Waals surface area contributed by atoms with Crippen LogP contribution >= 0.6 is 0 Å². The van der Waals surface area contributed by atoms with Gasteiger partial charge in [0.1, 0.15) is 0 Å². The quantitative estimate of drug-likeness (QED) is 0.470. The first-order chi connectivity index (χ1) is 5.79. The van der Waals surface area contributed by atoms with Crippen molar-refractivity contribution < 1.29 is 42.0 Å². The summed E-state index contributed by atoms with van der Waals surface area (Å²) in [4.78, 5) is 22.0. The van der Waals surface area contributed by atoms with Gasteiger partial charge in [0, 0.05) is 0 Å². The molecular formula is C8H6N2NaO2+. The molecule has 1 aromatic carbocycles. The number of carbonyl (C=O) groups excluding carboxylic acids is 2. The van der Waals surface area contributed by atoms with Gasteiger partial charge in [-0.3, -0.25) is 9.59 Å². The van der Waals surface area contributed by atoms with Crippen LogP contribution in [0.25, 0.3) is 0 Å². The molecule has 0 N–H and O–H groups in total. The maximum Gasteiger partial charge on any atom is 1.00 e. The van der Waals surface area contributed by atoms with Crippen molar-refractivity contribution in [3.05, 3.63) is 35.4 Å². The summed E-state index contributed by atoms with van der Waals surface area (Å²) in [5.74, 6) is -0.907. The summed E-state index contributed by atoms with van der Waals surface area (Å²) in [6.07, 6.45) is 0. The zero-order valence-corrected chi connectivity index (χ0v) is 9.02. The number of nitrogens with zero attached hydrogens (tertiary/aromatic N) is 2. The van der Waals surface area contributed by atoms with E-state index in [9.17, 15) is 9.59 Å². The maximum absolute atomic E-state index is 11.0. The van der Waals surface area contributed by atoms with Crippen LogP contribution in [0.1, 0.15) is 23.6 Å². The Bertz CT molecular complexity index is 372. The molecule has 4 nitrogen and oxygen atoms in total. The van der Waals surface area contributed by atoms with Crippen molar-refractivity contribution in [3.63, 3.8) is 0 Å². The summed E-state index contributed by atoms with van der Waals surface area (Å²) in [6, 6.07) is 6.50. The largest absolute Gasteiger partial charge is 1.00 e. The van der Waals surface area contributed by atoms with Crippen molar-refractivity contribution in [2.75, 3.05) is 0 Å². The van der Waals surface area contributed by atoms with E-state index in [-0.39, 0.29) is 32.4 Å². The first-order valence-electron chi connectivity index (χ1n) is 3.38. The van der Waals surface area contributed by atoms with Crippen LogP contribution in [0.2, 0.25) is 0 Å². The van der Waals surface area contributed by atoms with Crippen LogP contribution in [0.5, 0.6) is 0 Å². The second-order valence-electron chi connectivity index (χ2n) is 2.36. The van der Waals surface area contributed by atoms with Gasteiger partial charge < -0.3 is 1.43 Å². The van der Waals surface area contributed by atoms with E-state index in [4.69, 9.17) is 0 Å². The van der Waals surface area contributed by atoms with Crippen molar-refractivity contribution >= 4 is 11.8 Å². The maximum atomic E-state index is 11.0. The molecule has 0 atom stereocenters. The van der Waals surface area contributed by atoms with Gasteiger partial charge in [-0.25, -0.2) is 0 Å². The minimum absolute atomic E-state index is 0.